The maximum absolute atomic E-state index is 2.36. The highest BCUT2D eigenvalue weighted by Gasteiger charge is 2.52. The highest BCUT2D eigenvalue weighted by Crippen LogP contribution is 2.63. The van der Waals surface area contributed by atoms with E-state index in [2.05, 4.69) is 13.8 Å². The highest BCUT2D eigenvalue weighted by atomic mass is 14.6. The van der Waals surface area contributed by atoms with Crippen molar-refractivity contribution in [3.05, 3.63) is 0 Å². The van der Waals surface area contributed by atoms with Crippen LogP contribution >= 0.6 is 0 Å². The monoisotopic (exact) mass is 138 g/mol. The number of hydrogen-bond acceptors (Lipinski definition) is 0. The van der Waals surface area contributed by atoms with Crippen LogP contribution in [0.5, 0.6) is 0 Å². The molecule has 10 heavy (non-hydrogen) atoms. The van der Waals surface area contributed by atoms with Crippen molar-refractivity contribution in [2.75, 3.05) is 0 Å². The predicted octanol–water partition coefficient (Wildman–Crippen LogP) is 3.22. The van der Waals surface area contributed by atoms with Gasteiger partial charge in [0.15, 0.2) is 0 Å². The largest absolute Gasteiger partial charge is 0.0628 e. The van der Waals surface area contributed by atoms with E-state index in [1.807, 2.05) is 0 Å². The summed E-state index contributed by atoms with van der Waals surface area (Å²) in [6.45, 7) is 4.73. The lowest BCUT2D eigenvalue weighted by molar-refractivity contribution is -0.0895. The molecule has 0 spiro atoms. The summed E-state index contributed by atoms with van der Waals surface area (Å²) < 4.78 is 0. The number of hydrogen-bond donors (Lipinski definition) is 0. The normalized spacial score (nSPS) is 44.1. The SMILES string of the molecule is CC(C)CC12CCC1CC2. The molecular formula is C10H18. The Morgan fingerprint density at radius 3 is 2.00 bits per heavy atom. The molecule has 0 heteroatoms. The summed E-state index contributed by atoms with van der Waals surface area (Å²) >= 11 is 0. The maximum atomic E-state index is 2.36. The molecule has 0 heterocycles. The molecule has 0 bridgehead atoms. The summed E-state index contributed by atoms with van der Waals surface area (Å²) in [5, 5.41) is 0. The van der Waals surface area contributed by atoms with Gasteiger partial charge in [0, 0.05) is 0 Å². The molecule has 2 rings (SSSR count). The molecule has 0 radical (unpaired) electrons. The third-order valence-electron chi connectivity index (χ3n) is 3.66. The fourth-order valence-electron chi connectivity index (χ4n) is 2.97. The molecule has 0 N–H and O–H groups in total. The Morgan fingerprint density at radius 1 is 1.30 bits per heavy atom. The van der Waals surface area contributed by atoms with Crippen LogP contribution in [0.4, 0.5) is 0 Å². The summed E-state index contributed by atoms with van der Waals surface area (Å²) in [5.74, 6) is 2.10. The number of fused-ring (bicyclic) bond motifs is 1. The molecule has 0 nitrogen and oxygen atoms in total. The lowest BCUT2D eigenvalue weighted by Gasteiger charge is -2.60. The third-order valence-corrected chi connectivity index (χ3v) is 3.66. The van der Waals surface area contributed by atoms with Crippen molar-refractivity contribution >= 4 is 0 Å². The standard InChI is InChI=1S/C10H18/c1-8(2)7-10-5-3-9(10)4-6-10/h8-9H,3-7H2,1-2H3. The quantitative estimate of drug-likeness (QED) is 0.549. The fraction of sp³-hybridized carbons (Fsp3) is 1.00. The molecular weight excluding hydrogens is 120 g/mol. The van der Waals surface area contributed by atoms with E-state index in [0.717, 1.165) is 17.3 Å². The van der Waals surface area contributed by atoms with Crippen LogP contribution in [0.2, 0.25) is 0 Å². The van der Waals surface area contributed by atoms with Gasteiger partial charge in [0.05, 0.1) is 0 Å². The summed E-state index contributed by atoms with van der Waals surface area (Å²) in [4.78, 5) is 0. The average Bonchev–Trinajstić information content (AvgIpc) is 1.85. The topological polar surface area (TPSA) is 0 Å². The molecule has 0 aromatic carbocycles. The van der Waals surface area contributed by atoms with E-state index in [0.29, 0.717) is 0 Å². The second kappa shape index (κ2) is 1.99. The van der Waals surface area contributed by atoms with Gasteiger partial charge in [-0.25, -0.2) is 0 Å². The van der Waals surface area contributed by atoms with E-state index in [9.17, 15) is 0 Å². The van der Waals surface area contributed by atoms with E-state index in [1.54, 1.807) is 25.7 Å². The second-order valence-corrected chi connectivity index (χ2v) is 4.73. The van der Waals surface area contributed by atoms with Crippen LogP contribution in [0.1, 0.15) is 46.0 Å². The highest BCUT2D eigenvalue weighted by molar-refractivity contribution is 5.03. The zero-order valence-corrected chi connectivity index (χ0v) is 7.19. The smallest absolute Gasteiger partial charge is 0.0267 e. The molecule has 58 valence electrons. The lowest BCUT2D eigenvalue weighted by atomic mass is 9.45. The average molecular weight is 138 g/mol. The Bertz CT molecular complexity index is 127. The molecule has 2 aliphatic carbocycles. The van der Waals surface area contributed by atoms with E-state index in [1.165, 1.54) is 6.42 Å². The van der Waals surface area contributed by atoms with E-state index in [-0.39, 0.29) is 0 Å². The van der Waals surface area contributed by atoms with Crippen LogP contribution in [-0.4, -0.2) is 0 Å². The van der Waals surface area contributed by atoms with Crippen LogP contribution in [0.15, 0.2) is 0 Å². The van der Waals surface area contributed by atoms with Crippen molar-refractivity contribution in [1.29, 1.82) is 0 Å². The third kappa shape index (κ3) is 0.741. The van der Waals surface area contributed by atoms with Crippen molar-refractivity contribution in [2.24, 2.45) is 17.3 Å². The van der Waals surface area contributed by atoms with Gasteiger partial charge in [0.2, 0.25) is 0 Å². The molecule has 0 aromatic heterocycles. The van der Waals surface area contributed by atoms with E-state index < -0.39 is 0 Å². The maximum Gasteiger partial charge on any atom is -0.0267 e. The molecule has 2 fully saturated rings. The summed E-state index contributed by atoms with van der Waals surface area (Å²) in [5.41, 5.74) is 0.883. The van der Waals surface area contributed by atoms with Crippen LogP contribution in [0.25, 0.3) is 0 Å². The van der Waals surface area contributed by atoms with Gasteiger partial charge in [0.1, 0.15) is 0 Å². The lowest BCUT2D eigenvalue weighted by Crippen LogP contribution is -2.49. The summed E-state index contributed by atoms with van der Waals surface area (Å²) in [6.07, 6.45) is 7.71. The van der Waals surface area contributed by atoms with Crippen LogP contribution in [0, 0.1) is 17.3 Å². The Hall–Kier alpha value is 0. The molecule has 0 aromatic rings. The summed E-state index contributed by atoms with van der Waals surface area (Å²) in [6, 6.07) is 0. The second-order valence-electron chi connectivity index (χ2n) is 4.73. The molecule has 0 aliphatic heterocycles. The minimum Gasteiger partial charge on any atom is -0.0628 e. The minimum absolute atomic E-state index is 0.883. The van der Waals surface area contributed by atoms with Gasteiger partial charge in [0.25, 0.3) is 0 Å². The first-order chi connectivity index (χ1) is 4.73. The molecule has 0 amide bonds. The Kier molecular flexibility index (Phi) is 1.33. The van der Waals surface area contributed by atoms with Crippen molar-refractivity contribution in [3.63, 3.8) is 0 Å². The first-order valence-electron chi connectivity index (χ1n) is 4.73. The van der Waals surface area contributed by atoms with Gasteiger partial charge in [-0.3, -0.25) is 0 Å². The van der Waals surface area contributed by atoms with Crippen LogP contribution < -0.4 is 0 Å². The van der Waals surface area contributed by atoms with Crippen molar-refractivity contribution in [1.82, 2.24) is 0 Å². The zero-order valence-electron chi connectivity index (χ0n) is 7.19. The molecule has 0 saturated heterocycles. The molecule has 0 unspecified atom stereocenters. The van der Waals surface area contributed by atoms with Gasteiger partial charge >= 0.3 is 0 Å². The molecule has 0 atom stereocenters. The van der Waals surface area contributed by atoms with Gasteiger partial charge in [-0.05, 0) is 49.4 Å². The molecule has 2 aliphatic rings. The van der Waals surface area contributed by atoms with Gasteiger partial charge in [-0.15, -0.1) is 0 Å². The van der Waals surface area contributed by atoms with Gasteiger partial charge < -0.3 is 0 Å². The van der Waals surface area contributed by atoms with Crippen molar-refractivity contribution in [3.8, 4) is 0 Å². The fourth-order valence-corrected chi connectivity index (χ4v) is 2.97. The van der Waals surface area contributed by atoms with E-state index >= 15 is 0 Å². The zero-order chi connectivity index (χ0) is 7.19. The van der Waals surface area contributed by atoms with Crippen molar-refractivity contribution < 1.29 is 0 Å². The minimum atomic E-state index is 0.883. The van der Waals surface area contributed by atoms with Gasteiger partial charge in [-0.1, -0.05) is 13.8 Å². The first kappa shape index (κ1) is 6.69. The van der Waals surface area contributed by atoms with Crippen LogP contribution in [-0.2, 0) is 0 Å². The predicted molar refractivity (Wildman–Crippen MR) is 43.8 cm³/mol. The Labute approximate surface area is 64.0 Å². The first-order valence-corrected chi connectivity index (χ1v) is 4.73. The Balaban J connectivity index is 1.91. The number of rotatable bonds is 2. The van der Waals surface area contributed by atoms with Crippen LogP contribution in [0.3, 0.4) is 0 Å². The van der Waals surface area contributed by atoms with E-state index in [4.69, 9.17) is 0 Å². The van der Waals surface area contributed by atoms with Gasteiger partial charge in [-0.2, -0.15) is 0 Å². The summed E-state index contributed by atoms with van der Waals surface area (Å²) in [7, 11) is 0. The molecule has 2 saturated carbocycles. The van der Waals surface area contributed by atoms with Crippen molar-refractivity contribution in [2.45, 2.75) is 46.0 Å². The Morgan fingerprint density at radius 2 is 1.90 bits per heavy atom.